The lowest BCUT2D eigenvalue weighted by Crippen LogP contribution is -2.23. The van der Waals surface area contributed by atoms with E-state index in [4.69, 9.17) is 17.3 Å². The molecular weight excluding hydrogens is 222 g/mol. The van der Waals surface area contributed by atoms with Gasteiger partial charge in [0.25, 0.3) is 0 Å². The van der Waals surface area contributed by atoms with E-state index in [-0.39, 0.29) is 0 Å². The van der Waals surface area contributed by atoms with Crippen molar-refractivity contribution in [1.82, 2.24) is 4.90 Å². The Hall–Kier alpha value is -0.930. The van der Waals surface area contributed by atoms with Crippen LogP contribution in [0.15, 0.2) is 18.2 Å². The van der Waals surface area contributed by atoms with Crippen LogP contribution in [0.25, 0.3) is 0 Å². The Balaban J connectivity index is 2.55. The van der Waals surface area contributed by atoms with Crippen molar-refractivity contribution in [1.29, 1.82) is 0 Å². The van der Waals surface area contributed by atoms with Crippen molar-refractivity contribution in [3.8, 4) is 0 Å². The van der Waals surface area contributed by atoms with Gasteiger partial charge in [-0.2, -0.15) is 0 Å². The smallest absolute Gasteiger partial charge is 0.0659 e. The first kappa shape index (κ1) is 13.1. The van der Waals surface area contributed by atoms with E-state index in [9.17, 15) is 0 Å². The predicted molar refractivity (Wildman–Crippen MR) is 72.3 cm³/mol. The highest BCUT2D eigenvalue weighted by Crippen LogP contribution is 2.26. The molecule has 90 valence electrons. The molecule has 0 heterocycles. The summed E-state index contributed by atoms with van der Waals surface area (Å²) < 4.78 is 0. The predicted octanol–water partition coefficient (Wildman–Crippen LogP) is 2.31. The fourth-order valence-electron chi connectivity index (χ4n) is 1.58. The molecule has 0 fully saturated rings. The van der Waals surface area contributed by atoms with Gasteiger partial charge in [-0.15, -0.1) is 0 Å². The Morgan fingerprint density at radius 3 is 2.44 bits per heavy atom. The number of nitrogens with two attached hydrogens (primary N) is 1. The van der Waals surface area contributed by atoms with Crippen LogP contribution in [0, 0.1) is 0 Å². The first-order valence-electron chi connectivity index (χ1n) is 5.41. The second kappa shape index (κ2) is 5.97. The average Bonchev–Trinajstić information content (AvgIpc) is 2.16. The monoisotopic (exact) mass is 241 g/mol. The zero-order valence-electron chi connectivity index (χ0n) is 10.2. The second-order valence-corrected chi connectivity index (χ2v) is 4.70. The third-order valence-corrected chi connectivity index (χ3v) is 2.78. The highest BCUT2D eigenvalue weighted by atomic mass is 35.5. The van der Waals surface area contributed by atoms with E-state index in [0.717, 1.165) is 25.2 Å². The first-order chi connectivity index (χ1) is 7.50. The van der Waals surface area contributed by atoms with Gasteiger partial charge in [0.05, 0.1) is 10.7 Å². The molecule has 16 heavy (non-hydrogen) atoms. The Kier molecular flexibility index (Phi) is 4.90. The van der Waals surface area contributed by atoms with Crippen LogP contribution >= 0.6 is 11.6 Å². The third-order valence-electron chi connectivity index (χ3n) is 2.48. The van der Waals surface area contributed by atoms with E-state index in [1.165, 1.54) is 0 Å². The van der Waals surface area contributed by atoms with Crippen LogP contribution < -0.4 is 10.6 Å². The molecule has 0 amide bonds. The molecule has 0 aliphatic carbocycles. The quantitative estimate of drug-likeness (QED) is 0.803. The minimum Gasteiger partial charge on any atom is -0.399 e. The van der Waals surface area contributed by atoms with Crippen LogP contribution in [-0.4, -0.2) is 39.1 Å². The Morgan fingerprint density at radius 2 is 1.88 bits per heavy atom. The molecule has 0 saturated heterocycles. The molecule has 0 aliphatic rings. The lowest BCUT2D eigenvalue weighted by atomic mass is 10.2. The maximum atomic E-state index is 6.13. The van der Waals surface area contributed by atoms with Crippen LogP contribution in [0.1, 0.15) is 6.42 Å². The SMILES string of the molecule is CN(C)CCCN(C)c1ccc(N)cc1Cl. The topological polar surface area (TPSA) is 32.5 Å². The average molecular weight is 242 g/mol. The van der Waals surface area contributed by atoms with Gasteiger partial charge in [0.1, 0.15) is 0 Å². The fourth-order valence-corrected chi connectivity index (χ4v) is 1.91. The molecule has 0 atom stereocenters. The Bertz CT molecular complexity index is 339. The van der Waals surface area contributed by atoms with Crippen LogP contribution in [0.4, 0.5) is 11.4 Å². The second-order valence-electron chi connectivity index (χ2n) is 4.29. The normalized spacial score (nSPS) is 10.8. The molecule has 4 heteroatoms. The number of nitrogens with zero attached hydrogens (tertiary/aromatic N) is 2. The summed E-state index contributed by atoms with van der Waals surface area (Å²) in [7, 11) is 6.21. The zero-order valence-corrected chi connectivity index (χ0v) is 11.0. The number of hydrogen-bond donors (Lipinski definition) is 1. The Labute approximate surface area is 103 Å². The summed E-state index contributed by atoms with van der Waals surface area (Å²) in [6, 6.07) is 5.64. The molecule has 3 nitrogen and oxygen atoms in total. The summed E-state index contributed by atoms with van der Waals surface area (Å²) in [5.41, 5.74) is 7.40. The highest BCUT2D eigenvalue weighted by molar-refractivity contribution is 6.33. The minimum absolute atomic E-state index is 0.704. The molecule has 0 spiro atoms. The number of benzene rings is 1. The van der Waals surface area contributed by atoms with Crippen LogP contribution in [0.3, 0.4) is 0 Å². The number of anilines is 2. The lowest BCUT2D eigenvalue weighted by molar-refractivity contribution is 0.401. The molecule has 1 aromatic rings. The fraction of sp³-hybridized carbons (Fsp3) is 0.500. The summed E-state index contributed by atoms with van der Waals surface area (Å²) in [5.74, 6) is 0. The van der Waals surface area contributed by atoms with Crippen molar-refractivity contribution < 1.29 is 0 Å². The molecule has 0 aromatic heterocycles. The van der Waals surface area contributed by atoms with Gasteiger partial charge in [0, 0.05) is 19.3 Å². The highest BCUT2D eigenvalue weighted by Gasteiger charge is 2.05. The van der Waals surface area contributed by atoms with E-state index >= 15 is 0 Å². The van der Waals surface area contributed by atoms with Crippen molar-refractivity contribution >= 4 is 23.0 Å². The van der Waals surface area contributed by atoms with E-state index in [0.29, 0.717) is 10.7 Å². The van der Waals surface area contributed by atoms with E-state index in [2.05, 4.69) is 23.9 Å². The molecule has 0 aliphatic heterocycles. The summed E-state index contributed by atoms with van der Waals surface area (Å²) in [4.78, 5) is 4.34. The third kappa shape index (κ3) is 3.91. The minimum atomic E-state index is 0.704. The number of hydrogen-bond acceptors (Lipinski definition) is 3. The Morgan fingerprint density at radius 1 is 1.19 bits per heavy atom. The van der Waals surface area contributed by atoms with Crippen molar-refractivity contribution in [2.24, 2.45) is 0 Å². The molecule has 1 aromatic carbocycles. The van der Waals surface area contributed by atoms with Gasteiger partial charge in [0.15, 0.2) is 0 Å². The van der Waals surface area contributed by atoms with Gasteiger partial charge in [0.2, 0.25) is 0 Å². The van der Waals surface area contributed by atoms with Gasteiger partial charge < -0.3 is 15.5 Å². The molecule has 1 rings (SSSR count). The molecule has 0 radical (unpaired) electrons. The van der Waals surface area contributed by atoms with Crippen LogP contribution in [0.5, 0.6) is 0 Å². The molecule has 2 N–H and O–H groups in total. The molecule has 0 bridgehead atoms. The van der Waals surface area contributed by atoms with Crippen LogP contribution in [-0.2, 0) is 0 Å². The summed E-state index contributed by atoms with van der Waals surface area (Å²) in [5, 5.41) is 0.715. The first-order valence-corrected chi connectivity index (χ1v) is 5.79. The van der Waals surface area contributed by atoms with Crippen LogP contribution in [0.2, 0.25) is 5.02 Å². The standard InChI is InChI=1S/C12H20ClN3/c1-15(2)7-4-8-16(3)12-6-5-10(14)9-11(12)13/h5-6,9H,4,7-8,14H2,1-3H3. The van der Waals surface area contributed by atoms with Crippen molar-refractivity contribution in [3.63, 3.8) is 0 Å². The van der Waals surface area contributed by atoms with Crippen molar-refractivity contribution in [2.45, 2.75) is 6.42 Å². The maximum absolute atomic E-state index is 6.13. The van der Waals surface area contributed by atoms with Gasteiger partial charge >= 0.3 is 0 Å². The summed E-state index contributed by atoms with van der Waals surface area (Å²) in [6.07, 6.45) is 1.12. The number of halogens is 1. The lowest BCUT2D eigenvalue weighted by Gasteiger charge is -2.21. The van der Waals surface area contributed by atoms with E-state index in [1.54, 1.807) is 6.07 Å². The van der Waals surface area contributed by atoms with Gasteiger partial charge in [-0.25, -0.2) is 0 Å². The molecular formula is C12H20ClN3. The van der Waals surface area contributed by atoms with Gasteiger partial charge in [-0.05, 0) is 45.3 Å². The van der Waals surface area contributed by atoms with Crippen molar-refractivity contribution in [2.75, 3.05) is 44.9 Å². The zero-order chi connectivity index (χ0) is 12.1. The maximum Gasteiger partial charge on any atom is 0.0659 e. The number of nitrogen functional groups attached to an aromatic ring is 1. The summed E-state index contributed by atoms with van der Waals surface area (Å²) in [6.45, 7) is 2.07. The number of rotatable bonds is 5. The summed E-state index contributed by atoms with van der Waals surface area (Å²) >= 11 is 6.13. The van der Waals surface area contributed by atoms with Crippen molar-refractivity contribution in [3.05, 3.63) is 23.2 Å². The molecule has 0 unspecified atom stereocenters. The van der Waals surface area contributed by atoms with Gasteiger partial charge in [-0.3, -0.25) is 0 Å². The van der Waals surface area contributed by atoms with Gasteiger partial charge in [-0.1, -0.05) is 11.6 Å². The largest absolute Gasteiger partial charge is 0.399 e. The molecule has 0 saturated carbocycles. The van der Waals surface area contributed by atoms with E-state index < -0.39 is 0 Å². The van der Waals surface area contributed by atoms with E-state index in [1.807, 2.05) is 19.2 Å².